The number of hydrogen-bond donors (Lipinski definition) is 2. The number of aryl methyl sites for hydroxylation is 1. The minimum Gasteiger partial charge on any atom is -0.388 e. The van der Waals surface area contributed by atoms with Gasteiger partial charge in [0, 0.05) is 28.8 Å². The van der Waals surface area contributed by atoms with E-state index in [4.69, 9.17) is 9.26 Å². The van der Waals surface area contributed by atoms with Gasteiger partial charge >= 0.3 is 5.76 Å². The molecule has 1 aliphatic heterocycles. The number of nitrogens with one attached hydrogen (secondary N) is 1. The van der Waals surface area contributed by atoms with Crippen LogP contribution in [-0.2, 0) is 17.6 Å². The first-order valence-corrected chi connectivity index (χ1v) is 15.9. The molecule has 228 valence electrons. The molecule has 0 radical (unpaired) electrons. The van der Waals surface area contributed by atoms with E-state index in [2.05, 4.69) is 39.3 Å². The van der Waals surface area contributed by atoms with E-state index in [0.29, 0.717) is 24.6 Å². The summed E-state index contributed by atoms with van der Waals surface area (Å²) in [5.41, 5.74) is 2.73. The largest absolute Gasteiger partial charge is 0.439 e. The van der Waals surface area contributed by atoms with Crippen molar-refractivity contribution in [1.29, 1.82) is 0 Å². The fourth-order valence-corrected chi connectivity index (χ4v) is 7.52. The predicted molar refractivity (Wildman–Crippen MR) is 164 cm³/mol. The highest BCUT2D eigenvalue weighted by atomic mass is 32.2. The van der Waals surface area contributed by atoms with E-state index in [1.807, 2.05) is 27.3 Å². The van der Waals surface area contributed by atoms with E-state index in [0.717, 1.165) is 72.2 Å². The van der Waals surface area contributed by atoms with Gasteiger partial charge in [-0.05, 0) is 62.8 Å². The van der Waals surface area contributed by atoms with Crippen LogP contribution in [0.2, 0.25) is 0 Å². The molecule has 1 fully saturated rings. The van der Waals surface area contributed by atoms with Crippen LogP contribution in [0.15, 0.2) is 55.7 Å². The number of rotatable bonds is 10. The van der Waals surface area contributed by atoms with Gasteiger partial charge in [0.05, 0.1) is 24.0 Å². The van der Waals surface area contributed by atoms with Crippen molar-refractivity contribution in [2.24, 2.45) is 0 Å². The average molecular weight is 607 g/mol. The Kier molecular flexibility index (Phi) is 8.43. The summed E-state index contributed by atoms with van der Waals surface area (Å²) in [4.78, 5) is 34.3. The quantitative estimate of drug-likeness (QED) is 0.261. The highest BCUT2D eigenvalue weighted by Crippen LogP contribution is 2.47. The van der Waals surface area contributed by atoms with Crippen molar-refractivity contribution >= 4 is 17.5 Å². The Morgan fingerprint density at radius 1 is 1.19 bits per heavy atom. The zero-order chi connectivity index (χ0) is 30.1. The summed E-state index contributed by atoms with van der Waals surface area (Å²) in [6, 6.07) is 7.89. The fraction of sp³-hybridized carbons (Fsp3) is 0.516. The SMILES string of the molecule is CCCc1c(CC2=CCC(c3ccccc3-c3noc(=O)[nH]3)S2)c(=O)n(C2CCC(OCC(C)(C)O)CC2)c2ncnn12. The maximum atomic E-state index is 14.3. The van der Waals surface area contributed by atoms with Gasteiger partial charge in [0.15, 0.2) is 5.82 Å². The van der Waals surface area contributed by atoms with Crippen LogP contribution >= 0.6 is 11.8 Å². The molecule has 1 unspecified atom stereocenters. The van der Waals surface area contributed by atoms with Crippen LogP contribution in [-0.4, -0.2) is 52.7 Å². The Morgan fingerprint density at radius 3 is 2.70 bits per heavy atom. The molecule has 11 nitrogen and oxygen atoms in total. The van der Waals surface area contributed by atoms with Crippen molar-refractivity contribution < 1.29 is 14.4 Å². The topological polar surface area (TPSA) is 141 Å². The number of allylic oxidation sites excluding steroid dienone is 2. The summed E-state index contributed by atoms with van der Waals surface area (Å²) in [6.45, 7) is 5.90. The number of thioether (sulfide) groups is 1. The Hall–Kier alpha value is -3.48. The average Bonchev–Trinajstić information content (AvgIpc) is 3.76. The molecule has 0 saturated heterocycles. The van der Waals surface area contributed by atoms with E-state index in [-0.39, 0.29) is 23.0 Å². The van der Waals surface area contributed by atoms with Crippen LogP contribution in [0.3, 0.4) is 0 Å². The summed E-state index contributed by atoms with van der Waals surface area (Å²) in [5.74, 6) is 0.431. The third kappa shape index (κ3) is 6.27. The maximum Gasteiger partial charge on any atom is 0.439 e. The second kappa shape index (κ2) is 12.3. The van der Waals surface area contributed by atoms with E-state index >= 15 is 0 Å². The molecule has 2 aliphatic rings. The molecule has 1 atom stereocenters. The number of aliphatic hydroxyl groups is 1. The van der Waals surface area contributed by atoms with Crippen LogP contribution in [0.4, 0.5) is 0 Å². The van der Waals surface area contributed by atoms with Crippen LogP contribution in [0.25, 0.3) is 17.2 Å². The van der Waals surface area contributed by atoms with Crippen molar-refractivity contribution in [2.45, 2.75) is 95.1 Å². The van der Waals surface area contributed by atoms with E-state index in [9.17, 15) is 14.7 Å². The lowest BCUT2D eigenvalue weighted by Crippen LogP contribution is -2.36. The van der Waals surface area contributed by atoms with Crippen molar-refractivity contribution in [3.05, 3.63) is 79.3 Å². The van der Waals surface area contributed by atoms with Gasteiger partial charge in [0.25, 0.3) is 5.56 Å². The summed E-state index contributed by atoms with van der Waals surface area (Å²) in [7, 11) is 0. The molecule has 0 amide bonds. The first-order chi connectivity index (χ1) is 20.7. The summed E-state index contributed by atoms with van der Waals surface area (Å²) < 4.78 is 14.5. The monoisotopic (exact) mass is 606 g/mol. The van der Waals surface area contributed by atoms with Gasteiger partial charge in [-0.3, -0.25) is 18.9 Å². The molecule has 2 N–H and O–H groups in total. The Morgan fingerprint density at radius 2 is 1.98 bits per heavy atom. The van der Waals surface area contributed by atoms with Crippen LogP contribution < -0.4 is 11.3 Å². The van der Waals surface area contributed by atoms with Crippen molar-refractivity contribution in [1.82, 2.24) is 29.3 Å². The standard InChI is InChI=1S/C31H38N6O5S/c1-4-7-25-24(16-21-14-15-26(43-21)22-8-5-6-9-23(22)27-34-30(39)42-35-27)28(38)36(29-32-18-33-37(25)29)19-10-12-20(13-11-19)41-17-31(2,3)40/h5-6,8-9,14,18-20,26,40H,4,7,10-13,15-17H2,1-3H3,(H,34,35,39). The Labute approximate surface area is 253 Å². The normalized spacial score (nSPS) is 21.0. The van der Waals surface area contributed by atoms with Gasteiger partial charge in [0.1, 0.15) is 6.33 Å². The number of hydrogen-bond acceptors (Lipinski definition) is 9. The van der Waals surface area contributed by atoms with Gasteiger partial charge in [-0.1, -0.05) is 48.8 Å². The van der Waals surface area contributed by atoms with Crippen LogP contribution in [0.5, 0.6) is 0 Å². The van der Waals surface area contributed by atoms with Gasteiger partial charge in [0.2, 0.25) is 5.78 Å². The van der Waals surface area contributed by atoms with Gasteiger partial charge in [-0.15, -0.1) is 11.8 Å². The number of nitrogens with zero attached hydrogens (tertiary/aromatic N) is 5. The number of ether oxygens (including phenoxy) is 1. The highest BCUT2D eigenvalue weighted by Gasteiger charge is 2.30. The number of H-pyrrole nitrogens is 1. The first kappa shape index (κ1) is 29.6. The molecule has 0 spiro atoms. The van der Waals surface area contributed by atoms with Crippen LogP contribution in [0, 0.1) is 0 Å². The molecule has 4 heterocycles. The molecule has 4 aromatic rings. The highest BCUT2D eigenvalue weighted by molar-refractivity contribution is 8.03. The fourth-order valence-electron chi connectivity index (χ4n) is 6.21. The molecular weight excluding hydrogens is 568 g/mol. The van der Waals surface area contributed by atoms with E-state index in [1.54, 1.807) is 25.6 Å². The van der Waals surface area contributed by atoms with Gasteiger partial charge in [-0.25, -0.2) is 9.31 Å². The molecule has 6 rings (SSSR count). The third-order valence-corrected chi connectivity index (χ3v) is 9.55. The molecule has 1 aliphatic carbocycles. The Bertz CT molecular complexity index is 1740. The second-order valence-corrected chi connectivity index (χ2v) is 13.4. The number of benzene rings is 1. The molecule has 0 bridgehead atoms. The third-order valence-electron chi connectivity index (χ3n) is 8.20. The van der Waals surface area contributed by atoms with Crippen molar-refractivity contribution in [3.63, 3.8) is 0 Å². The summed E-state index contributed by atoms with van der Waals surface area (Å²) >= 11 is 1.75. The zero-order valence-corrected chi connectivity index (χ0v) is 25.6. The first-order valence-electron chi connectivity index (χ1n) is 15.0. The lowest BCUT2D eigenvalue weighted by atomic mass is 9.92. The van der Waals surface area contributed by atoms with Gasteiger partial charge < -0.3 is 9.84 Å². The van der Waals surface area contributed by atoms with E-state index in [1.165, 1.54) is 6.33 Å². The van der Waals surface area contributed by atoms with Crippen molar-refractivity contribution in [2.75, 3.05) is 6.61 Å². The maximum absolute atomic E-state index is 14.3. The van der Waals surface area contributed by atoms with E-state index < -0.39 is 11.4 Å². The molecule has 1 aromatic carbocycles. The smallest absolute Gasteiger partial charge is 0.388 e. The molecule has 3 aromatic heterocycles. The van der Waals surface area contributed by atoms with Crippen molar-refractivity contribution in [3.8, 4) is 11.4 Å². The molecule has 43 heavy (non-hydrogen) atoms. The summed E-state index contributed by atoms with van der Waals surface area (Å²) in [5, 5.41) is 18.7. The molecule has 1 saturated carbocycles. The zero-order valence-electron chi connectivity index (χ0n) is 24.8. The Balaban J connectivity index is 1.26. The lowest BCUT2D eigenvalue weighted by Gasteiger charge is -2.32. The molecule has 12 heteroatoms. The number of aromatic nitrogens is 6. The minimum atomic E-state index is -0.867. The second-order valence-electron chi connectivity index (χ2n) is 12.1. The number of fused-ring (bicyclic) bond motifs is 1. The lowest BCUT2D eigenvalue weighted by molar-refractivity contribution is -0.0654. The predicted octanol–water partition coefficient (Wildman–Crippen LogP) is 4.76. The number of aromatic amines is 1. The minimum absolute atomic E-state index is 0.00469. The molecular formula is C31H38N6O5S. The van der Waals surface area contributed by atoms with Crippen LogP contribution in [0.1, 0.15) is 87.4 Å². The van der Waals surface area contributed by atoms with Gasteiger partial charge in [-0.2, -0.15) is 10.1 Å². The summed E-state index contributed by atoms with van der Waals surface area (Å²) in [6.07, 6.45) is 10.00.